The SMILES string of the molecule is Cn1cc(-c2ccc3c(N4CCN(c5ncc(C(O)C(F)(F)F)cn5)CC4)cnn3c2)cn1. The summed E-state index contributed by atoms with van der Waals surface area (Å²) < 4.78 is 41.6. The second-order valence-corrected chi connectivity index (χ2v) is 7.91. The van der Waals surface area contributed by atoms with Gasteiger partial charge in [-0.15, -0.1) is 0 Å². The number of nitrogens with zero attached hydrogens (tertiary/aromatic N) is 8. The fourth-order valence-corrected chi connectivity index (χ4v) is 3.93. The van der Waals surface area contributed by atoms with Crippen molar-refractivity contribution in [2.75, 3.05) is 36.0 Å². The van der Waals surface area contributed by atoms with Gasteiger partial charge in [0.25, 0.3) is 0 Å². The molecule has 1 unspecified atom stereocenters. The molecular weight excluding hydrogens is 437 g/mol. The number of anilines is 2. The quantitative estimate of drug-likeness (QED) is 0.503. The Morgan fingerprint density at radius 2 is 1.58 bits per heavy atom. The Hall–Kier alpha value is -3.67. The van der Waals surface area contributed by atoms with E-state index in [0.717, 1.165) is 34.7 Å². The summed E-state index contributed by atoms with van der Waals surface area (Å²) >= 11 is 0. The third-order valence-electron chi connectivity index (χ3n) is 5.72. The second-order valence-electron chi connectivity index (χ2n) is 7.91. The number of rotatable bonds is 4. The monoisotopic (exact) mass is 458 g/mol. The molecular formula is C21H21F3N8O. The van der Waals surface area contributed by atoms with Crippen molar-refractivity contribution in [3.63, 3.8) is 0 Å². The molecule has 0 bridgehead atoms. The lowest BCUT2D eigenvalue weighted by Crippen LogP contribution is -2.47. The maximum atomic E-state index is 12.7. The van der Waals surface area contributed by atoms with E-state index in [1.54, 1.807) is 4.68 Å². The van der Waals surface area contributed by atoms with Crippen LogP contribution in [0.5, 0.6) is 0 Å². The van der Waals surface area contributed by atoms with Crippen LogP contribution >= 0.6 is 0 Å². The summed E-state index contributed by atoms with van der Waals surface area (Å²) in [5.41, 5.74) is 3.65. The van der Waals surface area contributed by atoms with E-state index in [2.05, 4.69) is 25.1 Å². The van der Waals surface area contributed by atoms with Gasteiger partial charge in [0.05, 0.1) is 23.6 Å². The molecule has 1 aliphatic rings. The third kappa shape index (κ3) is 4.09. The van der Waals surface area contributed by atoms with E-state index >= 15 is 0 Å². The van der Waals surface area contributed by atoms with Gasteiger partial charge in [0.15, 0.2) is 6.10 Å². The second kappa shape index (κ2) is 8.03. The van der Waals surface area contributed by atoms with E-state index in [4.69, 9.17) is 0 Å². The molecule has 4 aromatic heterocycles. The lowest BCUT2D eigenvalue weighted by Gasteiger charge is -2.35. The Kier molecular flexibility index (Phi) is 5.16. The number of hydrogen-bond acceptors (Lipinski definition) is 7. The molecule has 1 aliphatic heterocycles. The predicted octanol–water partition coefficient (Wildman–Crippen LogP) is 2.45. The van der Waals surface area contributed by atoms with E-state index in [1.807, 2.05) is 53.4 Å². The highest BCUT2D eigenvalue weighted by molar-refractivity contribution is 5.75. The average Bonchev–Trinajstić information content (AvgIpc) is 3.44. The van der Waals surface area contributed by atoms with Crippen molar-refractivity contribution in [3.8, 4) is 11.1 Å². The van der Waals surface area contributed by atoms with Crippen molar-refractivity contribution in [3.05, 3.63) is 54.9 Å². The van der Waals surface area contributed by atoms with Gasteiger partial charge in [-0.1, -0.05) is 6.07 Å². The molecule has 1 atom stereocenters. The van der Waals surface area contributed by atoms with Gasteiger partial charge >= 0.3 is 6.18 Å². The molecule has 33 heavy (non-hydrogen) atoms. The Labute approximate surface area is 186 Å². The molecule has 0 aliphatic carbocycles. The minimum absolute atomic E-state index is 0.341. The maximum absolute atomic E-state index is 12.7. The molecule has 0 aromatic carbocycles. The van der Waals surface area contributed by atoms with Gasteiger partial charge in [-0.3, -0.25) is 4.68 Å². The van der Waals surface area contributed by atoms with E-state index < -0.39 is 12.3 Å². The highest BCUT2D eigenvalue weighted by atomic mass is 19.4. The molecule has 0 radical (unpaired) electrons. The van der Waals surface area contributed by atoms with Crippen molar-refractivity contribution in [2.45, 2.75) is 12.3 Å². The fourth-order valence-electron chi connectivity index (χ4n) is 3.93. The summed E-state index contributed by atoms with van der Waals surface area (Å²) in [6, 6.07) is 4.07. The van der Waals surface area contributed by atoms with Crippen molar-refractivity contribution in [1.29, 1.82) is 0 Å². The van der Waals surface area contributed by atoms with Crippen LogP contribution in [-0.4, -0.2) is 66.8 Å². The van der Waals surface area contributed by atoms with Gasteiger partial charge in [-0.05, 0) is 6.07 Å². The topological polar surface area (TPSA) is 87.6 Å². The smallest absolute Gasteiger partial charge is 0.379 e. The van der Waals surface area contributed by atoms with E-state index in [1.165, 1.54) is 0 Å². The molecule has 1 fully saturated rings. The number of aryl methyl sites for hydroxylation is 1. The average molecular weight is 458 g/mol. The van der Waals surface area contributed by atoms with Crippen LogP contribution in [0.3, 0.4) is 0 Å². The minimum Gasteiger partial charge on any atom is -0.379 e. The molecule has 172 valence electrons. The molecule has 1 saturated heterocycles. The van der Waals surface area contributed by atoms with Gasteiger partial charge < -0.3 is 14.9 Å². The van der Waals surface area contributed by atoms with Crippen LogP contribution in [0.2, 0.25) is 0 Å². The van der Waals surface area contributed by atoms with Crippen molar-refractivity contribution >= 4 is 17.2 Å². The summed E-state index contributed by atoms with van der Waals surface area (Å²) in [6.45, 7) is 2.57. The molecule has 5 rings (SSSR count). The number of aliphatic hydroxyl groups excluding tert-OH is 1. The zero-order chi connectivity index (χ0) is 23.2. The Bertz CT molecular complexity index is 1260. The third-order valence-corrected chi connectivity index (χ3v) is 5.72. The van der Waals surface area contributed by atoms with Crippen LogP contribution in [0.15, 0.2) is 49.3 Å². The summed E-state index contributed by atoms with van der Waals surface area (Å²) in [5, 5.41) is 18.0. The van der Waals surface area contributed by atoms with Crippen LogP contribution in [0.25, 0.3) is 16.6 Å². The number of aromatic nitrogens is 6. The molecule has 9 nitrogen and oxygen atoms in total. The summed E-state index contributed by atoms with van der Waals surface area (Å²) in [5.74, 6) is 0.341. The predicted molar refractivity (Wildman–Crippen MR) is 115 cm³/mol. The van der Waals surface area contributed by atoms with Gasteiger partial charge in [0.2, 0.25) is 5.95 Å². The minimum atomic E-state index is -4.75. The van der Waals surface area contributed by atoms with Gasteiger partial charge in [-0.2, -0.15) is 23.4 Å². The lowest BCUT2D eigenvalue weighted by molar-refractivity contribution is -0.206. The molecule has 4 aromatic rings. The van der Waals surface area contributed by atoms with Crippen molar-refractivity contribution < 1.29 is 18.3 Å². The number of fused-ring (bicyclic) bond motifs is 1. The van der Waals surface area contributed by atoms with Crippen LogP contribution in [0.4, 0.5) is 24.8 Å². The highest BCUT2D eigenvalue weighted by Crippen LogP contribution is 2.32. The molecule has 0 amide bonds. The first-order chi connectivity index (χ1) is 15.8. The number of hydrogen-bond donors (Lipinski definition) is 1. The number of alkyl halides is 3. The van der Waals surface area contributed by atoms with Crippen molar-refractivity contribution in [1.82, 2.24) is 29.4 Å². The Balaban J connectivity index is 1.27. The standard InChI is InChI=1S/C21H21F3N8O/c1-29-12-16(10-27-29)14-2-3-17-18(11-28-32(17)13-14)30-4-6-31(7-5-30)20-25-8-15(9-26-20)19(33)21(22,23)24/h2-3,8-13,19,33H,4-7H2,1H3. The fraction of sp³-hybridized carbons (Fsp3) is 0.333. The molecule has 0 saturated carbocycles. The van der Waals surface area contributed by atoms with E-state index in [0.29, 0.717) is 32.1 Å². The molecule has 0 spiro atoms. The lowest BCUT2D eigenvalue weighted by atomic mass is 10.1. The highest BCUT2D eigenvalue weighted by Gasteiger charge is 2.39. The zero-order valence-corrected chi connectivity index (χ0v) is 17.7. The number of aliphatic hydroxyl groups is 1. The first kappa shape index (κ1) is 21.2. The van der Waals surface area contributed by atoms with Crippen LogP contribution in [-0.2, 0) is 7.05 Å². The van der Waals surface area contributed by atoms with Crippen LogP contribution < -0.4 is 9.80 Å². The number of halogens is 3. The molecule has 1 N–H and O–H groups in total. The van der Waals surface area contributed by atoms with Gasteiger partial charge in [0, 0.05) is 74.7 Å². The zero-order valence-electron chi connectivity index (χ0n) is 17.7. The van der Waals surface area contributed by atoms with Crippen LogP contribution in [0.1, 0.15) is 11.7 Å². The van der Waals surface area contributed by atoms with Gasteiger partial charge in [0.1, 0.15) is 0 Å². The molecule has 5 heterocycles. The van der Waals surface area contributed by atoms with E-state index in [-0.39, 0.29) is 5.56 Å². The normalized spacial score (nSPS) is 15.9. The van der Waals surface area contributed by atoms with Crippen LogP contribution in [0, 0.1) is 0 Å². The Morgan fingerprint density at radius 1 is 0.879 bits per heavy atom. The Morgan fingerprint density at radius 3 is 2.21 bits per heavy atom. The summed E-state index contributed by atoms with van der Waals surface area (Å²) in [4.78, 5) is 12.2. The number of piperazine rings is 1. The number of pyridine rings is 1. The first-order valence-electron chi connectivity index (χ1n) is 10.3. The molecule has 12 heteroatoms. The summed E-state index contributed by atoms with van der Waals surface area (Å²) in [7, 11) is 1.87. The largest absolute Gasteiger partial charge is 0.418 e. The maximum Gasteiger partial charge on any atom is 0.418 e. The van der Waals surface area contributed by atoms with E-state index in [9.17, 15) is 18.3 Å². The summed E-state index contributed by atoms with van der Waals surface area (Å²) in [6.07, 6.45) is 2.28. The van der Waals surface area contributed by atoms with Gasteiger partial charge in [-0.25, -0.2) is 14.5 Å². The van der Waals surface area contributed by atoms with Crippen molar-refractivity contribution in [2.24, 2.45) is 7.05 Å². The first-order valence-corrected chi connectivity index (χ1v) is 10.3.